The van der Waals surface area contributed by atoms with Crippen molar-refractivity contribution < 1.29 is 0 Å². The third kappa shape index (κ3) is 5.35. The summed E-state index contributed by atoms with van der Waals surface area (Å²) in [6, 6.07) is 73.6. The molecule has 0 N–H and O–H groups in total. The maximum atomic E-state index is 2.48. The first kappa shape index (κ1) is 32.0. The van der Waals surface area contributed by atoms with E-state index in [0.717, 1.165) is 17.1 Å². The Hall–Kier alpha value is -6.52. The van der Waals surface area contributed by atoms with Crippen LogP contribution >= 0.6 is 22.7 Å². The molecular formula is C52H33NS2. The minimum absolute atomic E-state index is 1.11. The summed E-state index contributed by atoms with van der Waals surface area (Å²) in [6.07, 6.45) is 0. The molecule has 0 fully saturated rings. The van der Waals surface area contributed by atoms with Crippen molar-refractivity contribution in [2.24, 2.45) is 0 Å². The van der Waals surface area contributed by atoms with Crippen LogP contribution in [0.3, 0.4) is 0 Å². The highest BCUT2D eigenvalue weighted by Crippen LogP contribution is 2.48. The molecule has 3 heteroatoms. The smallest absolute Gasteiger partial charge is 0.0540 e. The molecule has 2 heterocycles. The fourth-order valence-corrected chi connectivity index (χ4v) is 10.6. The van der Waals surface area contributed by atoms with Gasteiger partial charge in [0.1, 0.15) is 0 Å². The molecule has 0 saturated carbocycles. The number of fused-ring (bicyclic) bond motifs is 7. The van der Waals surface area contributed by atoms with Crippen molar-refractivity contribution in [2.45, 2.75) is 0 Å². The lowest BCUT2D eigenvalue weighted by Gasteiger charge is -2.30. The van der Waals surface area contributed by atoms with Crippen molar-refractivity contribution in [3.05, 3.63) is 200 Å². The van der Waals surface area contributed by atoms with E-state index in [-0.39, 0.29) is 0 Å². The molecule has 0 aliphatic carbocycles. The van der Waals surface area contributed by atoms with Crippen LogP contribution in [-0.2, 0) is 0 Å². The molecule has 0 amide bonds. The van der Waals surface area contributed by atoms with E-state index in [0.29, 0.717) is 0 Å². The second kappa shape index (κ2) is 13.1. The van der Waals surface area contributed by atoms with Gasteiger partial charge in [-0.25, -0.2) is 0 Å². The second-order valence-electron chi connectivity index (χ2n) is 14.0. The predicted octanol–water partition coefficient (Wildman–Crippen LogP) is 16.0. The van der Waals surface area contributed by atoms with Crippen LogP contribution < -0.4 is 4.90 Å². The predicted molar refractivity (Wildman–Crippen MR) is 241 cm³/mol. The molecule has 0 saturated heterocycles. The van der Waals surface area contributed by atoms with Gasteiger partial charge in [-0.3, -0.25) is 0 Å². The molecule has 55 heavy (non-hydrogen) atoms. The maximum Gasteiger partial charge on any atom is 0.0540 e. The normalized spacial score (nSPS) is 11.6. The first-order valence-electron chi connectivity index (χ1n) is 18.7. The van der Waals surface area contributed by atoms with Crippen LogP contribution in [0, 0.1) is 0 Å². The van der Waals surface area contributed by atoms with E-state index >= 15 is 0 Å². The molecule has 0 spiro atoms. The number of anilines is 3. The molecule has 0 radical (unpaired) electrons. The van der Waals surface area contributed by atoms with Gasteiger partial charge >= 0.3 is 0 Å². The highest BCUT2D eigenvalue weighted by Gasteiger charge is 2.22. The maximum absolute atomic E-state index is 2.48. The molecule has 0 bridgehead atoms. The van der Waals surface area contributed by atoms with E-state index in [1.807, 2.05) is 22.7 Å². The number of nitrogens with zero attached hydrogens (tertiary/aromatic N) is 1. The lowest BCUT2D eigenvalue weighted by Crippen LogP contribution is -2.12. The van der Waals surface area contributed by atoms with E-state index in [2.05, 4.69) is 205 Å². The Balaban J connectivity index is 1.17. The highest BCUT2D eigenvalue weighted by molar-refractivity contribution is 7.26. The monoisotopic (exact) mass is 735 g/mol. The lowest BCUT2D eigenvalue weighted by molar-refractivity contribution is 1.28. The molecule has 0 atom stereocenters. The molecule has 0 aliphatic rings. The summed E-state index contributed by atoms with van der Waals surface area (Å²) < 4.78 is 5.25. The number of para-hydroxylation sites is 2. The Morgan fingerprint density at radius 1 is 0.309 bits per heavy atom. The fraction of sp³-hybridized carbons (Fsp3) is 0. The molecule has 11 aromatic rings. The summed E-state index contributed by atoms with van der Waals surface area (Å²) in [5, 5.41) is 7.71. The van der Waals surface area contributed by atoms with Gasteiger partial charge < -0.3 is 4.90 Å². The zero-order valence-corrected chi connectivity index (χ0v) is 31.4. The second-order valence-corrected chi connectivity index (χ2v) is 16.2. The summed E-state index contributed by atoms with van der Waals surface area (Å²) in [6.45, 7) is 0. The van der Waals surface area contributed by atoms with E-state index < -0.39 is 0 Å². The van der Waals surface area contributed by atoms with Crippen LogP contribution in [0.15, 0.2) is 200 Å². The van der Waals surface area contributed by atoms with Crippen molar-refractivity contribution in [3.63, 3.8) is 0 Å². The topological polar surface area (TPSA) is 3.24 Å². The molecule has 258 valence electrons. The van der Waals surface area contributed by atoms with Crippen LogP contribution in [0.25, 0.3) is 84.5 Å². The van der Waals surface area contributed by atoms with Gasteiger partial charge in [-0.1, -0.05) is 146 Å². The molecular weight excluding hydrogens is 703 g/mol. The summed E-state index contributed by atoms with van der Waals surface area (Å²) >= 11 is 3.73. The van der Waals surface area contributed by atoms with Crippen molar-refractivity contribution >= 4 is 90.9 Å². The van der Waals surface area contributed by atoms with Gasteiger partial charge in [-0.15, -0.1) is 22.7 Å². The van der Waals surface area contributed by atoms with Gasteiger partial charge in [-0.2, -0.15) is 0 Å². The first-order valence-corrected chi connectivity index (χ1v) is 20.3. The number of rotatable bonds is 6. The zero-order chi connectivity index (χ0) is 36.3. The number of benzene rings is 9. The van der Waals surface area contributed by atoms with Gasteiger partial charge in [0.25, 0.3) is 0 Å². The molecule has 1 nitrogen and oxygen atoms in total. The molecule has 2 aromatic heterocycles. The van der Waals surface area contributed by atoms with E-state index in [1.54, 1.807) is 0 Å². The SMILES string of the molecule is c1cc(-c2cccc3sc4ccccc4c23)cc(N(c2ccccc2-c2ccc3sc4ccccc4c3c2)c2ccccc2-c2cccc3ccccc23)c1. The van der Waals surface area contributed by atoms with Crippen molar-refractivity contribution in [1.29, 1.82) is 0 Å². The highest BCUT2D eigenvalue weighted by atomic mass is 32.1. The number of hydrogen-bond donors (Lipinski definition) is 0. The Kier molecular flexibility index (Phi) is 7.61. The number of hydrogen-bond acceptors (Lipinski definition) is 3. The summed E-state index contributed by atoms with van der Waals surface area (Å²) in [4.78, 5) is 2.48. The van der Waals surface area contributed by atoms with Crippen molar-refractivity contribution in [1.82, 2.24) is 0 Å². The average Bonchev–Trinajstić information content (AvgIpc) is 3.82. The van der Waals surface area contributed by atoms with Crippen LogP contribution in [-0.4, -0.2) is 0 Å². The van der Waals surface area contributed by atoms with E-state index in [4.69, 9.17) is 0 Å². The average molecular weight is 736 g/mol. The Bertz CT molecular complexity index is 3230. The summed E-state index contributed by atoms with van der Waals surface area (Å²) in [7, 11) is 0. The molecule has 9 aromatic carbocycles. The molecule has 0 unspecified atom stereocenters. The summed E-state index contributed by atoms with van der Waals surface area (Å²) in [5.41, 5.74) is 10.6. The minimum Gasteiger partial charge on any atom is -0.309 e. The fourth-order valence-electron chi connectivity index (χ4n) is 8.40. The van der Waals surface area contributed by atoms with Crippen LogP contribution in [0.4, 0.5) is 17.1 Å². The Morgan fingerprint density at radius 2 is 0.855 bits per heavy atom. The number of thiophene rings is 2. The van der Waals surface area contributed by atoms with Gasteiger partial charge in [0.2, 0.25) is 0 Å². The minimum atomic E-state index is 1.11. The van der Waals surface area contributed by atoms with E-state index in [9.17, 15) is 0 Å². The van der Waals surface area contributed by atoms with Crippen molar-refractivity contribution in [2.75, 3.05) is 4.90 Å². The summed E-state index contributed by atoms with van der Waals surface area (Å²) in [5.74, 6) is 0. The van der Waals surface area contributed by atoms with Crippen LogP contribution in [0.1, 0.15) is 0 Å². The standard InChI is InChI=1S/C52H33NS2/c1-2-18-38-34(14-1)15-12-24-41(38)42-20-4-8-26-47(42)53(37-17-11-16-35(32-37)40-23-13-29-51-52(40)44-22-6-10-28-49(44)55-51)46-25-7-3-19-39(46)36-30-31-50-45(33-36)43-21-5-9-27-48(43)54-50/h1-33H. The van der Waals surface area contributed by atoms with Gasteiger partial charge in [0.15, 0.2) is 0 Å². The third-order valence-corrected chi connectivity index (χ3v) is 13.2. The van der Waals surface area contributed by atoms with Gasteiger partial charge in [0.05, 0.1) is 11.4 Å². The van der Waals surface area contributed by atoms with E-state index in [1.165, 1.54) is 84.5 Å². The Morgan fingerprint density at radius 3 is 1.73 bits per heavy atom. The zero-order valence-electron chi connectivity index (χ0n) is 29.8. The molecule has 0 aliphatic heterocycles. The third-order valence-electron chi connectivity index (χ3n) is 10.9. The van der Waals surface area contributed by atoms with Gasteiger partial charge in [0, 0.05) is 57.2 Å². The molecule has 11 rings (SSSR count). The quantitative estimate of drug-likeness (QED) is 0.164. The first-order chi connectivity index (χ1) is 27.3. The largest absolute Gasteiger partial charge is 0.309 e. The Labute approximate surface area is 327 Å². The van der Waals surface area contributed by atoms with Crippen LogP contribution in [0.2, 0.25) is 0 Å². The van der Waals surface area contributed by atoms with Crippen LogP contribution in [0.5, 0.6) is 0 Å². The van der Waals surface area contributed by atoms with Gasteiger partial charge in [-0.05, 0) is 87.6 Å². The van der Waals surface area contributed by atoms with Crippen molar-refractivity contribution in [3.8, 4) is 33.4 Å². The lowest BCUT2D eigenvalue weighted by atomic mass is 9.94.